The first-order chi connectivity index (χ1) is 9.29. The van der Waals surface area contributed by atoms with Crippen LogP contribution >= 0.6 is 22.6 Å². The van der Waals surface area contributed by atoms with Crippen molar-refractivity contribution < 1.29 is 4.74 Å². The molecule has 1 aromatic heterocycles. The highest BCUT2D eigenvalue weighted by Crippen LogP contribution is 2.16. The summed E-state index contributed by atoms with van der Waals surface area (Å²) in [6.07, 6.45) is 5.26. The van der Waals surface area contributed by atoms with Crippen LogP contribution in [0.4, 0.5) is 0 Å². The van der Waals surface area contributed by atoms with E-state index in [1.54, 1.807) is 12.4 Å². The predicted molar refractivity (Wildman–Crippen MR) is 81.9 cm³/mol. The Labute approximate surface area is 126 Å². The molecule has 0 aliphatic heterocycles. The number of pyridine rings is 1. The SMILES string of the molecule is N#Cc1ccc(I)c(CCCOc2cccnc2)c1. The summed E-state index contributed by atoms with van der Waals surface area (Å²) in [6.45, 7) is 0.651. The molecule has 0 saturated carbocycles. The molecule has 0 fully saturated rings. The number of nitrogens with zero attached hydrogens (tertiary/aromatic N) is 2. The van der Waals surface area contributed by atoms with E-state index < -0.39 is 0 Å². The number of benzene rings is 1. The van der Waals surface area contributed by atoms with Gasteiger partial charge in [-0.3, -0.25) is 4.98 Å². The van der Waals surface area contributed by atoms with Crippen molar-refractivity contribution in [1.29, 1.82) is 5.26 Å². The maximum atomic E-state index is 8.89. The molecule has 0 saturated heterocycles. The van der Waals surface area contributed by atoms with Crippen molar-refractivity contribution >= 4 is 22.6 Å². The van der Waals surface area contributed by atoms with Crippen molar-refractivity contribution in [1.82, 2.24) is 4.98 Å². The summed E-state index contributed by atoms with van der Waals surface area (Å²) in [7, 11) is 0. The summed E-state index contributed by atoms with van der Waals surface area (Å²) in [5.41, 5.74) is 1.91. The zero-order valence-corrected chi connectivity index (χ0v) is 12.5. The first kappa shape index (κ1) is 13.8. The van der Waals surface area contributed by atoms with Crippen LogP contribution in [0.3, 0.4) is 0 Å². The Balaban J connectivity index is 1.85. The second-order valence-electron chi connectivity index (χ2n) is 4.06. The van der Waals surface area contributed by atoms with Crippen LogP contribution in [0.15, 0.2) is 42.7 Å². The zero-order valence-electron chi connectivity index (χ0n) is 10.3. The van der Waals surface area contributed by atoms with Gasteiger partial charge in [-0.2, -0.15) is 5.26 Å². The molecule has 0 atom stereocenters. The lowest BCUT2D eigenvalue weighted by atomic mass is 10.1. The van der Waals surface area contributed by atoms with Crippen molar-refractivity contribution in [3.05, 3.63) is 57.4 Å². The zero-order chi connectivity index (χ0) is 13.5. The lowest BCUT2D eigenvalue weighted by Gasteiger charge is -2.07. The van der Waals surface area contributed by atoms with Crippen LogP contribution in [0, 0.1) is 14.9 Å². The van der Waals surface area contributed by atoms with E-state index in [1.807, 2.05) is 30.3 Å². The standard InChI is InChI=1S/C15H13IN2O/c16-15-6-5-12(10-17)9-13(15)3-2-8-19-14-4-1-7-18-11-14/h1,4-7,9,11H,2-3,8H2. The Morgan fingerprint density at radius 1 is 1.32 bits per heavy atom. The molecule has 0 spiro atoms. The number of halogens is 1. The molecular formula is C15H13IN2O. The summed E-state index contributed by atoms with van der Waals surface area (Å²) in [6, 6.07) is 11.7. The van der Waals surface area contributed by atoms with Gasteiger partial charge in [0.05, 0.1) is 24.4 Å². The first-order valence-corrected chi connectivity index (χ1v) is 7.09. The van der Waals surface area contributed by atoms with E-state index in [2.05, 4.69) is 33.6 Å². The highest BCUT2D eigenvalue weighted by Gasteiger charge is 2.02. The number of nitriles is 1. The molecule has 19 heavy (non-hydrogen) atoms. The highest BCUT2D eigenvalue weighted by atomic mass is 127. The van der Waals surface area contributed by atoms with Gasteiger partial charge >= 0.3 is 0 Å². The molecule has 0 bridgehead atoms. The largest absolute Gasteiger partial charge is 0.492 e. The maximum absolute atomic E-state index is 8.89. The van der Waals surface area contributed by atoms with Gasteiger partial charge in [-0.05, 0) is 71.3 Å². The molecule has 2 aromatic rings. The Bertz CT molecular complexity index is 578. The topological polar surface area (TPSA) is 45.9 Å². The number of aromatic nitrogens is 1. The molecule has 96 valence electrons. The van der Waals surface area contributed by atoms with Gasteiger partial charge in [0, 0.05) is 9.77 Å². The molecule has 4 heteroatoms. The Kier molecular flexibility index (Phi) is 5.16. The summed E-state index contributed by atoms with van der Waals surface area (Å²) >= 11 is 2.30. The Morgan fingerprint density at radius 3 is 2.95 bits per heavy atom. The Hall–Kier alpha value is -1.61. The molecule has 0 N–H and O–H groups in total. The second-order valence-corrected chi connectivity index (χ2v) is 5.22. The average Bonchev–Trinajstić information content (AvgIpc) is 2.46. The third-order valence-corrected chi connectivity index (χ3v) is 3.72. The minimum Gasteiger partial charge on any atom is -0.492 e. The van der Waals surface area contributed by atoms with E-state index in [0.717, 1.165) is 18.6 Å². The van der Waals surface area contributed by atoms with Crippen LogP contribution < -0.4 is 4.74 Å². The maximum Gasteiger partial charge on any atom is 0.137 e. The fourth-order valence-corrected chi connectivity index (χ4v) is 2.33. The van der Waals surface area contributed by atoms with Gasteiger partial charge < -0.3 is 4.74 Å². The summed E-state index contributed by atoms with van der Waals surface area (Å²) < 4.78 is 6.79. The van der Waals surface area contributed by atoms with E-state index in [4.69, 9.17) is 10.00 Å². The van der Waals surface area contributed by atoms with Crippen molar-refractivity contribution in [2.75, 3.05) is 6.61 Å². The first-order valence-electron chi connectivity index (χ1n) is 6.01. The number of hydrogen-bond donors (Lipinski definition) is 0. The van der Waals surface area contributed by atoms with Gasteiger partial charge in [-0.15, -0.1) is 0 Å². The molecule has 1 aromatic carbocycles. The third kappa shape index (κ3) is 4.21. The minimum absolute atomic E-state index is 0.651. The number of hydrogen-bond acceptors (Lipinski definition) is 3. The van der Waals surface area contributed by atoms with Gasteiger partial charge in [0.15, 0.2) is 0 Å². The Morgan fingerprint density at radius 2 is 2.21 bits per heavy atom. The summed E-state index contributed by atoms with van der Waals surface area (Å²) in [4.78, 5) is 4.00. The highest BCUT2D eigenvalue weighted by molar-refractivity contribution is 14.1. The fourth-order valence-electron chi connectivity index (χ4n) is 1.72. The van der Waals surface area contributed by atoms with Gasteiger partial charge in [0.2, 0.25) is 0 Å². The molecule has 2 rings (SSSR count). The van der Waals surface area contributed by atoms with Crippen LogP contribution in [-0.4, -0.2) is 11.6 Å². The van der Waals surface area contributed by atoms with Gasteiger partial charge in [-0.1, -0.05) is 0 Å². The van der Waals surface area contributed by atoms with E-state index in [9.17, 15) is 0 Å². The number of rotatable bonds is 5. The van der Waals surface area contributed by atoms with Crippen molar-refractivity contribution in [2.45, 2.75) is 12.8 Å². The third-order valence-electron chi connectivity index (χ3n) is 2.67. The van der Waals surface area contributed by atoms with Gasteiger partial charge in [0.25, 0.3) is 0 Å². The van der Waals surface area contributed by atoms with Crippen molar-refractivity contribution in [3.63, 3.8) is 0 Å². The molecule has 0 unspecified atom stereocenters. The monoisotopic (exact) mass is 364 g/mol. The van der Waals surface area contributed by atoms with Crippen molar-refractivity contribution in [2.24, 2.45) is 0 Å². The number of ether oxygens (including phenoxy) is 1. The molecule has 0 aliphatic carbocycles. The van der Waals surface area contributed by atoms with Crippen molar-refractivity contribution in [3.8, 4) is 11.8 Å². The summed E-state index contributed by atoms with van der Waals surface area (Å²) in [5, 5.41) is 8.89. The van der Waals surface area contributed by atoms with Crippen LogP contribution in [0.2, 0.25) is 0 Å². The molecular weight excluding hydrogens is 351 g/mol. The molecule has 1 heterocycles. The number of aryl methyl sites for hydroxylation is 1. The second kappa shape index (κ2) is 7.10. The van der Waals surface area contributed by atoms with E-state index in [-0.39, 0.29) is 0 Å². The lowest BCUT2D eigenvalue weighted by molar-refractivity contribution is 0.310. The fraction of sp³-hybridized carbons (Fsp3) is 0.200. The predicted octanol–water partition coefficient (Wildman–Crippen LogP) is 3.57. The normalized spacial score (nSPS) is 9.89. The van der Waals surface area contributed by atoms with Crippen LogP contribution in [0.5, 0.6) is 5.75 Å². The van der Waals surface area contributed by atoms with E-state index in [1.165, 1.54) is 9.13 Å². The average molecular weight is 364 g/mol. The van der Waals surface area contributed by atoms with Crippen LogP contribution in [0.1, 0.15) is 17.5 Å². The summed E-state index contributed by atoms with van der Waals surface area (Å²) in [5.74, 6) is 0.794. The van der Waals surface area contributed by atoms with Gasteiger partial charge in [-0.25, -0.2) is 0 Å². The molecule has 0 aliphatic rings. The quantitative estimate of drug-likeness (QED) is 0.602. The van der Waals surface area contributed by atoms with E-state index >= 15 is 0 Å². The lowest BCUT2D eigenvalue weighted by Crippen LogP contribution is -2.00. The van der Waals surface area contributed by atoms with E-state index in [0.29, 0.717) is 12.2 Å². The molecule has 0 radical (unpaired) electrons. The van der Waals surface area contributed by atoms with Crippen LogP contribution in [0.25, 0.3) is 0 Å². The minimum atomic E-state index is 0.651. The molecule has 0 amide bonds. The molecule has 3 nitrogen and oxygen atoms in total. The van der Waals surface area contributed by atoms with Crippen LogP contribution in [-0.2, 0) is 6.42 Å². The van der Waals surface area contributed by atoms with Gasteiger partial charge in [0.1, 0.15) is 5.75 Å². The smallest absolute Gasteiger partial charge is 0.137 e.